The van der Waals surface area contributed by atoms with E-state index in [1.807, 2.05) is 0 Å². The summed E-state index contributed by atoms with van der Waals surface area (Å²) in [5, 5.41) is 6.37. The number of amides is 2. The molecule has 0 aromatic rings. The fraction of sp³-hybridized carbons (Fsp3) is 0.905. The number of halogens is 1. The highest BCUT2D eigenvalue weighted by molar-refractivity contribution is 5.85. The summed E-state index contributed by atoms with van der Waals surface area (Å²) in [5.74, 6) is 2.78. The van der Waals surface area contributed by atoms with Crippen LogP contribution in [0.1, 0.15) is 64.2 Å². The molecule has 6 heteroatoms. The van der Waals surface area contributed by atoms with Gasteiger partial charge in [-0.25, -0.2) is 0 Å². The second kappa shape index (κ2) is 9.60. The van der Waals surface area contributed by atoms with Crippen molar-refractivity contribution < 1.29 is 9.59 Å². The maximum Gasteiger partial charge on any atom is 0.237 e. The van der Waals surface area contributed by atoms with Gasteiger partial charge in [-0.1, -0.05) is 32.1 Å². The summed E-state index contributed by atoms with van der Waals surface area (Å²) in [6.45, 7) is 3.43. The maximum absolute atomic E-state index is 12.9. The van der Waals surface area contributed by atoms with E-state index in [9.17, 15) is 9.59 Å². The molecule has 4 rings (SSSR count). The lowest BCUT2D eigenvalue weighted by atomic mass is 9.85. The first-order chi connectivity index (χ1) is 12.7. The predicted molar refractivity (Wildman–Crippen MR) is 109 cm³/mol. The van der Waals surface area contributed by atoms with E-state index in [1.54, 1.807) is 0 Å². The molecule has 2 aliphatic heterocycles. The molecule has 2 amide bonds. The number of nitrogens with one attached hydrogen (secondary N) is 2. The van der Waals surface area contributed by atoms with Crippen molar-refractivity contribution in [3.05, 3.63) is 0 Å². The number of carbonyl (C=O) groups is 2. The Morgan fingerprint density at radius 3 is 2.56 bits per heavy atom. The molecule has 2 heterocycles. The van der Waals surface area contributed by atoms with Crippen LogP contribution in [0.4, 0.5) is 0 Å². The Balaban J connectivity index is 0.00000210. The monoisotopic (exact) mass is 397 g/mol. The van der Waals surface area contributed by atoms with Crippen molar-refractivity contribution in [3.63, 3.8) is 0 Å². The van der Waals surface area contributed by atoms with Gasteiger partial charge in [0.2, 0.25) is 11.8 Å². The fourth-order valence-corrected chi connectivity index (χ4v) is 5.52. The van der Waals surface area contributed by atoms with E-state index in [1.165, 1.54) is 32.1 Å². The summed E-state index contributed by atoms with van der Waals surface area (Å²) in [6, 6.07) is -0.000888. The summed E-state index contributed by atoms with van der Waals surface area (Å²) in [6.07, 6.45) is 12.2. The highest BCUT2D eigenvalue weighted by Crippen LogP contribution is 2.50. The number of likely N-dealkylation sites (tertiary alicyclic amines) is 1. The third kappa shape index (κ3) is 5.17. The molecule has 0 bridgehead atoms. The topological polar surface area (TPSA) is 61.4 Å². The minimum atomic E-state index is -0.000888. The molecule has 4 fully saturated rings. The Morgan fingerprint density at radius 1 is 1.00 bits per heavy atom. The molecule has 2 aliphatic carbocycles. The number of carbonyl (C=O) groups excluding carboxylic acids is 2. The third-order valence-corrected chi connectivity index (χ3v) is 7.18. The van der Waals surface area contributed by atoms with E-state index < -0.39 is 0 Å². The van der Waals surface area contributed by atoms with Gasteiger partial charge in [0.1, 0.15) is 0 Å². The van der Waals surface area contributed by atoms with Crippen LogP contribution >= 0.6 is 12.4 Å². The molecule has 2 saturated carbocycles. The van der Waals surface area contributed by atoms with E-state index in [4.69, 9.17) is 0 Å². The number of hydrogen-bond donors (Lipinski definition) is 2. The van der Waals surface area contributed by atoms with Gasteiger partial charge in [0, 0.05) is 25.6 Å². The number of piperidine rings is 1. The summed E-state index contributed by atoms with van der Waals surface area (Å²) < 4.78 is 0. The van der Waals surface area contributed by atoms with Crippen molar-refractivity contribution in [2.45, 2.75) is 70.3 Å². The SMILES string of the molecule is Cl.O=C(NCC1CCCN(C(=O)C2CC2C2CCCCC2)C1)C1CCCN1. The largest absolute Gasteiger partial charge is 0.354 e. The van der Waals surface area contributed by atoms with Crippen LogP contribution in [0.25, 0.3) is 0 Å². The molecule has 0 aromatic heterocycles. The number of hydrogen-bond acceptors (Lipinski definition) is 3. The van der Waals surface area contributed by atoms with Crippen LogP contribution in [0.3, 0.4) is 0 Å². The Kier molecular flexibility index (Phi) is 7.43. The number of rotatable bonds is 5. The van der Waals surface area contributed by atoms with Gasteiger partial charge >= 0.3 is 0 Å². The minimum absolute atomic E-state index is 0. The highest BCUT2D eigenvalue weighted by Gasteiger charge is 2.49. The first-order valence-electron chi connectivity index (χ1n) is 11.0. The lowest BCUT2D eigenvalue weighted by molar-refractivity contribution is -0.134. The van der Waals surface area contributed by atoms with Crippen LogP contribution in [0.15, 0.2) is 0 Å². The van der Waals surface area contributed by atoms with E-state index in [0.717, 1.165) is 64.2 Å². The van der Waals surface area contributed by atoms with Crippen LogP contribution < -0.4 is 10.6 Å². The first-order valence-corrected chi connectivity index (χ1v) is 11.0. The van der Waals surface area contributed by atoms with E-state index in [0.29, 0.717) is 23.7 Å². The molecule has 0 spiro atoms. The lowest BCUT2D eigenvalue weighted by Crippen LogP contribution is -2.47. The zero-order chi connectivity index (χ0) is 17.9. The average molecular weight is 398 g/mol. The zero-order valence-electron chi connectivity index (χ0n) is 16.5. The molecular weight excluding hydrogens is 362 g/mol. The van der Waals surface area contributed by atoms with Gasteiger partial charge < -0.3 is 15.5 Å². The van der Waals surface area contributed by atoms with Crippen LogP contribution in [-0.4, -0.2) is 48.9 Å². The zero-order valence-corrected chi connectivity index (χ0v) is 17.3. The first kappa shape index (κ1) is 20.9. The van der Waals surface area contributed by atoms with Gasteiger partial charge in [0.15, 0.2) is 0 Å². The van der Waals surface area contributed by atoms with Crippen molar-refractivity contribution >= 4 is 24.2 Å². The molecule has 4 unspecified atom stereocenters. The standard InChI is InChI=1S/C21H35N3O2.ClH/c25-20(19-9-4-10-22-19)23-13-15-6-5-11-24(14-15)21(26)18-12-17(18)16-7-2-1-3-8-16;/h15-19,22H,1-14H2,(H,23,25);1H. The molecular formula is C21H36ClN3O2. The van der Waals surface area contributed by atoms with Crippen molar-refractivity contribution in [2.75, 3.05) is 26.2 Å². The van der Waals surface area contributed by atoms with Gasteiger partial charge in [0.25, 0.3) is 0 Å². The van der Waals surface area contributed by atoms with Crippen LogP contribution in [0, 0.1) is 23.7 Å². The van der Waals surface area contributed by atoms with Crippen molar-refractivity contribution in [2.24, 2.45) is 23.7 Å². The van der Waals surface area contributed by atoms with Crippen molar-refractivity contribution in [1.29, 1.82) is 0 Å². The predicted octanol–water partition coefficient (Wildman–Crippen LogP) is 2.73. The van der Waals surface area contributed by atoms with Gasteiger partial charge in [-0.15, -0.1) is 12.4 Å². The lowest BCUT2D eigenvalue weighted by Gasteiger charge is -2.33. The fourth-order valence-electron chi connectivity index (χ4n) is 5.52. The highest BCUT2D eigenvalue weighted by atomic mass is 35.5. The molecule has 2 N–H and O–H groups in total. The molecule has 27 heavy (non-hydrogen) atoms. The molecule has 4 atom stereocenters. The smallest absolute Gasteiger partial charge is 0.237 e. The number of nitrogens with zero attached hydrogens (tertiary/aromatic N) is 1. The van der Waals surface area contributed by atoms with Crippen LogP contribution in [-0.2, 0) is 9.59 Å². The maximum atomic E-state index is 12.9. The van der Waals surface area contributed by atoms with E-state index >= 15 is 0 Å². The second-order valence-electron chi connectivity index (χ2n) is 9.09. The quantitative estimate of drug-likeness (QED) is 0.749. The molecule has 0 aromatic carbocycles. The Labute approximate surface area is 169 Å². The van der Waals surface area contributed by atoms with Gasteiger partial charge in [-0.05, 0) is 56.4 Å². The van der Waals surface area contributed by atoms with Crippen molar-refractivity contribution in [1.82, 2.24) is 15.5 Å². The summed E-state index contributed by atoms with van der Waals surface area (Å²) in [4.78, 5) is 27.2. The second-order valence-corrected chi connectivity index (χ2v) is 9.09. The molecule has 4 aliphatic rings. The van der Waals surface area contributed by atoms with Crippen molar-refractivity contribution in [3.8, 4) is 0 Å². The Hall–Kier alpha value is -0.810. The van der Waals surface area contributed by atoms with Gasteiger partial charge in [0.05, 0.1) is 6.04 Å². The van der Waals surface area contributed by atoms with Gasteiger partial charge in [-0.3, -0.25) is 9.59 Å². The van der Waals surface area contributed by atoms with Crippen LogP contribution in [0.5, 0.6) is 0 Å². The van der Waals surface area contributed by atoms with Crippen LogP contribution in [0.2, 0.25) is 0 Å². The molecule has 0 radical (unpaired) electrons. The van der Waals surface area contributed by atoms with E-state index in [-0.39, 0.29) is 24.4 Å². The molecule has 2 saturated heterocycles. The summed E-state index contributed by atoms with van der Waals surface area (Å²) in [5.41, 5.74) is 0. The molecule has 154 valence electrons. The van der Waals surface area contributed by atoms with E-state index in [2.05, 4.69) is 15.5 Å². The third-order valence-electron chi connectivity index (χ3n) is 7.18. The Bertz CT molecular complexity index is 518. The summed E-state index contributed by atoms with van der Waals surface area (Å²) >= 11 is 0. The minimum Gasteiger partial charge on any atom is -0.354 e. The summed E-state index contributed by atoms with van der Waals surface area (Å²) in [7, 11) is 0. The molecule has 5 nitrogen and oxygen atoms in total. The average Bonchev–Trinajstić information content (AvgIpc) is 3.30. The normalized spacial score (nSPS) is 34.0. The Morgan fingerprint density at radius 2 is 1.81 bits per heavy atom. The van der Waals surface area contributed by atoms with Gasteiger partial charge in [-0.2, -0.15) is 0 Å².